The van der Waals surface area contributed by atoms with Gasteiger partial charge in [-0.25, -0.2) is 4.79 Å². The number of benzene rings is 1. The summed E-state index contributed by atoms with van der Waals surface area (Å²) in [4.78, 5) is 26.6. The molecule has 2 aliphatic rings. The second-order valence-electron chi connectivity index (χ2n) is 7.53. The third-order valence-electron chi connectivity index (χ3n) is 4.48. The zero-order chi connectivity index (χ0) is 16.7. The zero-order valence-electron chi connectivity index (χ0n) is 14.0. The van der Waals surface area contributed by atoms with Crippen LogP contribution < -0.4 is 5.32 Å². The van der Waals surface area contributed by atoms with E-state index in [4.69, 9.17) is 4.74 Å². The number of nitrogens with one attached hydrogen (secondary N) is 1. The van der Waals surface area contributed by atoms with E-state index in [2.05, 4.69) is 5.32 Å². The maximum absolute atomic E-state index is 12.7. The van der Waals surface area contributed by atoms with Gasteiger partial charge in [-0.2, -0.15) is 0 Å². The maximum Gasteiger partial charge on any atom is 0.407 e. The first-order chi connectivity index (χ1) is 10.8. The maximum atomic E-state index is 12.7. The number of amides is 2. The average Bonchev–Trinajstić information content (AvgIpc) is 3.21. The van der Waals surface area contributed by atoms with Crippen molar-refractivity contribution in [1.82, 2.24) is 10.2 Å². The van der Waals surface area contributed by atoms with E-state index in [0.717, 1.165) is 18.4 Å². The molecule has 0 bridgehead atoms. The van der Waals surface area contributed by atoms with E-state index < -0.39 is 17.1 Å². The fourth-order valence-electron chi connectivity index (χ4n) is 3.21. The summed E-state index contributed by atoms with van der Waals surface area (Å²) in [6.45, 7) is 6.64. The lowest BCUT2D eigenvalue weighted by atomic mass is 10.0. The van der Waals surface area contributed by atoms with E-state index in [-0.39, 0.29) is 11.9 Å². The van der Waals surface area contributed by atoms with E-state index in [1.165, 1.54) is 0 Å². The summed E-state index contributed by atoms with van der Waals surface area (Å²) in [5.41, 5.74) is 0.174. The summed E-state index contributed by atoms with van der Waals surface area (Å²) in [6.07, 6.45) is 1.25. The molecule has 1 aromatic carbocycles. The van der Waals surface area contributed by atoms with Crippen LogP contribution in [0.1, 0.15) is 39.2 Å². The molecular formula is C18H24N2O3. The standard InChI is InChI=1S/C18H24N2O3/c1-17(2,3)23-16(22)19-14-12-20(15(21)18(14)9-10-18)11-13-7-5-4-6-8-13/h4-8,14H,9-12H2,1-3H3,(H,19,22)/t14-/m1/s1. The van der Waals surface area contributed by atoms with Gasteiger partial charge in [0.05, 0.1) is 11.5 Å². The topological polar surface area (TPSA) is 58.6 Å². The summed E-state index contributed by atoms with van der Waals surface area (Å²) in [5, 5.41) is 2.91. The molecule has 0 aromatic heterocycles. The van der Waals surface area contributed by atoms with Gasteiger partial charge in [-0.3, -0.25) is 4.79 Å². The van der Waals surface area contributed by atoms with Gasteiger partial charge in [0, 0.05) is 13.1 Å². The average molecular weight is 316 g/mol. The molecule has 1 aromatic rings. The lowest BCUT2D eigenvalue weighted by Crippen LogP contribution is -2.44. The summed E-state index contributed by atoms with van der Waals surface area (Å²) >= 11 is 0. The van der Waals surface area contributed by atoms with Crippen molar-refractivity contribution in [3.8, 4) is 0 Å². The highest BCUT2D eigenvalue weighted by Gasteiger charge is 2.62. The van der Waals surface area contributed by atoms with Gasteiger partial charge in [0.1, 0.15) is 5.60 Å². The second-order valence-corrected chi connectivity index (χ2v) is 7.53. The Balaban J connectivity index is 1.66. The molecule has 2 amide bonds. The molecule has 1 N–H and O–H groups in total. The predicted molar refractivity (Wildman–Crippen MR) is 86.7 cm³/mol. The summed E-state index contributed by atoms with van der Waals surface area (Å²) in [7, 11) is 0. The first-order valence-electron chi connectivity index (χ1n) is 8.13. The molecule has 1 aliphatic heterocycles. The number of ether oxygens (including phenoxy) is 1. The lowest BCUT2D eigenvalue weighted by Gasteiger charge is -2.23. The van der Waals surface area contributed by atoms with E-state index in [9.17, 15) is 9.59 Å². The third-order valence-corrected chi connectivity index (χ3v) is 4.48. The van der Waals surface area contributed by atoms with Crippen LogP contribution in [0.2, 0.25) is 0 Å². The number of likely N-dealkylation sites (tertiary alicyclic amines) is 1. The Labute approximate surface area is 137 Å². The molecule has 1 spiro atoms. The first-order valence-corrected chi connectivity index (χ1v) is 8.13. The molecule has 5 heteroatoms. The zero-order valence-corrected chi connectivity index (χ0v) is 14.0. The van der Waals surface area contributed by atoms with Gasteiger partial charge in [0.15, 0.2) is 0 Å². The van der Waals surface area contributed by atoms with Crippen LogP contribution in [0.5, 0.6) is 0 Å². The van der Waals surface area contributed by atoms with Crippen LogP contribution in [-0.4, -0.2) is 35.1 Å². The van der Waals surface area contributed by atoms with E-state index in [0.29, 0.717) is 13.1 Å². The third kappa shape index (κ3) is 3.33. The molecule has 5 nitrogen and oxygen atoms in total. The van der Waals surface area contributed by atoms with E-state index in [1.807, 2.05) is 56.0 Å². The second kappa shape index (κ2) is 5.55. The van der Waals surface area contributed by atoms with Crippen molar-refractivity contribution in [2.45, 2.75) is 51.8 Å². The van der Waals surface area contributed by atoms with Crippen LogP contribution in [0.15, 0.2) is 30.3 Å². The van der Waals surface area contributed by atoms with Gasteiger partial charge < -0.3 is 15.0 Å². The molecule has 23 heavy (non-hydrogen) atoms. The van der Waals surface area contributed by atoms with Gasteiger partial charge in [0.2, 0.25) is 5.91 Å². The molecule has 0 unspecified atom stereocenters. The number of alkyl carbamates (subject to hydrolysis) is 1. The minimum Gasteiger partial charge on any atom is -0.444 e. The summed E-state index contributed by atoms with van der Waals surface area (Å²) < 4.78 is 5.33. The Bertz CT molecular complexity index is 602. The van der Waals surface area contributed by atoms with Crippen molar-refractivity contribution in [1.29, 1.82) is 0 Å². The Morgan fingerprint density at radius 2 is 1.96 bits per heavy atom. The Hall–Kier alpha value is -2.04. The van der Waals surface area contributed by atoms with Gasteiger partial charge >= 0.3 is 6.09 Å². The highest BCUT2D eigenvalue weighted by molar-refractivity contribution is 5.89. The van der Waals surface area contributed by atoms with Crippen molar-refractivity contribution in [2.75, 3.05) is 6.54 Å². The fraction of sp³-hybridized carbons (Fsp3) is 0.556. The molecule has 1 saturated heterocycles. The number of carbonyl (C=O) groups excluding carboxylic acids is 2. The van der Waals surface area contributed by atoms with Gasteiger partial charge in [-0.1, -0.05) is 30.3 Å². The normalized spacial score (nSPS) is 22.3. The highest BCUT2D eigenvalue weighted by atomic mass is 16.6. The molecular weight excluding hydrogens is 292 g/mol. The molecule has 1 heterocycles. The summed E-state index contributed by atoms with van der Waals surface area (Å²) in [6, 6.07) is 9.78. The molecule has 3 rings (SSSR count). The van der Waals surface area contributed by atoms with Crippen LogP contribution in [0.3, 0.4) is 0 Å². The van der Waals surface area contributed by atoms with Gasteiger partial charge in [-0.05, 0) is 39.2 Å². The molecule has 1 atom stereocenters. The minimum absolute atomic E-state index is 0.155. The SMILES string of the molecule is CC(C)(C)OC(=O)N[C@@H]1CN(Cc2ccccc2)C(=O)C12CC2. The van der Waals surface area contributed by atoms with Gasteiger partial charge in [0.25, 0.3) is 0 Å². The van der Waals surface area contributed by atoms with E-state index in [1.54, 1.807) is 0 Å². The molecule has 1 saturated carbocycles. The minimum atomic E-state index is -0.535. The van der Waals surface area contributed by atoms with Crippen LogP contribution in [0.4, 0.5) is 4.79 Å². The lowest BCUT2D eigenvalue weighted by molar-refractivity contribution is -0.132. The fourth-order valence-corrected chi connectivity index (χ4v) is 3.21. The number of rotatable bonds is 3. The monoisotopic (exact) mass is 316 g/mol. The largest absolute Gasteiger partial charge is 0.444 e. The molecule has 124 valence electrons. The number of carbonyl (C=O) groups is 2. The van der Waals surface area contributed by atoms with Crippen LogP contribution >= 0.6 is 0 Å². The van der Waals surface area contributed by atoms with Crippen molar-refractivity contribution in [3.05, 3.63) is 35.9 Å². The van der Waals surface area contributed by atoms with Crippen LogP contribution in [0, 0.1) is 5.41 Å². The smallest absolute Gasteiger partial charge is 0.407 e. The first kappa shape index (κ1) is 15.8. The Morgan fingerprint density at radius 1 is 1.30 bits per heavy atom. The quantitative estimate of drug-likeness (QED) is 0.933. The predicted octanol–water partition coefficient (Wildman–Crippen LogP) is 2.70. The Kier molecular flexibility index (Phi) is 3.82. The van der Waals surface area contributed by atoms with Crippen LogP contribution in [-0.2, 0) is 16.1 Å². The Morgan fingerprint density at radius 3 is 2.52 bits per heavy atom. The van der Waals surface area contributed by atoms with Crippen molar-refractivity contribution in [2.24, 2.45) is 5.41 Å². The number of nitrogens with zero attached hydrogens (tertiary/aromatic N) is 1. The van der Waals surface area contributed by atoms with Crippen molar-refractivity contribution < 1.29 is 14.3 Å². The number of hydrogen-bond donors (Lipinski definition) is 1. The molecule has 1 aliphatic carbocycles. The van der Waals surface area contributed by atoms with E-state index >= 15 is 0 Å². The molecule has 0 radical (unpaired) electrons. The molecule has 2 fully saturated rings. The summed E-state index contributed by atoms with van der Waals surface area (Å²) in [5.74, 6) is 0.155. The van der Waals surface area contributed by atoms with Crippen molar-refractivity contribution >= 4 is 12.0 Å². The van der Waals surface area contributed by atoms with Crippen molar-refractivity contribution in [3.63, 3.8) is 0 Å². The number of hydrogen-bond acceptors (Lipinski definition) is 3. The van der Waals surface area contributed by atoms with Crippen LogP contribution in [0.25, 0.3) is 0 Å². The highest BCUT2D eigenvalue weighted by Crippen LogP contribution is 2.54. The van der Waals surface area contributed by atoms with Gasteiger partial charge in [-0.15, -0.1) is 0 Å².